The number of carbonyl (C=O) groups is 1. The maximum absolute atomic E-state index is 13.2. The van der Waals surface area contributed by atoms with Crippen LogP contribution in [0.1, 0.15) is 12.7 Å². The zero-order valence-electron chi connectivity index (χ0n) is 19.0. The number of thioether (sulfide) groups is 1. The summed E-state index contributed by atoms with van der Waals surface area (Å²) in [6.07, 6.45) is 5.09. The fourth-order valence-electron chi connectivity index (χ4n) is 3.69. The van der Waals surface area contributed by atoms with Crippen LogP contribution in [-0.4, -0.2) is 30.9 Å². The maximum Gasteiger partial charge on any atom is 0.237 e. The van der Waals surface area contributed by atoms with Gasteiger partial charge < -0.3 is 9.73 Å². The summed E-state index contributed by atoms with van der Waals surface area (Å²) in [6, 6.07) is 25.3. The molecule has 174 valence electrons. The first-order valence-electron chi connectivity index (χ1n) is 11.2. The van der Waals surface area contributed by atoms with Crippen molar-refractivity contribution in [2.75, 3.05) is 5.32 Å². The Morgan fingerprint density at radius 1 is 0.971 bits per heavy atom. The third kappa shape index (κ3) is 5.17. The molecule has 0 saturated carbocycles. The van der Waals surface area contributed by atoms with Gasteiger partial charge in [0.05, 0.1) is 18.1 Å². The molecule has 1 unspecified atom stereocenters. The first-order chi connectivity index (χ1) is 17.2. The third-order valence-electron chi connectivity index (χ3n) is 5.45. The number of aromatic nitrogens is 4. The van der Waals surface area contributed by atoms with E-state index < -0.39 is 5.25 Å². The predicted octanol–water partition coefficient (Wildman–Crippen LogP) is 5.77. The highest BCUT2D eigenvalue weighted by atomic mass is 32.2. The second kappa shape index (κ2) is 10.4. The minimum absolute atomic E-state index is 0.117. The van der Waals surface area contributed by atoms with Gasteiger partial charge in [0.15, 0.2) is 11.0 Å². The topological polar surface area (TPSA) is 85.8 Å². The molecular weight excluding hydrogens is 458 g/mol. The van der Waals surface area contributed by atoms with Gasteiger partial charge in [-0.05, 0) is 42.8 Å². The predicted molar refractivity (Wildman–Crippen MR) is 137 cm³/mol. The second-order valence-corrected chi connectivity index (χ2v) is 9.18. The highest BCUT2D eigenvalue weighted by Gasteiger charge is 2.22. The highest BCUT2D eigenvalue weighted by molar-refractivity contribution is 8.00. The molecule has 3 heterocycles. The van der Waals surface area contributed by atoms with E-state index in [-0.39, 0.29) is 5.91 Å². The Morgan fingerprint density at radius 2 is 1.77 bits per heavy atom. The van der Waals surface area contributed by atoms with Gasteiger partial charge in [0.2, 0.25) is 5.91 Å². The van der Waals surface area contributed by atoms with Crippen LogP contribution < -0.4 is 5.32 Å². The van der Waals surface area contributed by atoms with Crippen molar-refractivity contribution in [2.24, 2.45) is 0 Å². The van der Waals surface area contributed by atoms with Crippen LogP contribution in [0.25, 0.3) is 22.5 Å². The summed E-state index contributed by atoms with van der Waals surface area (Å²) in [5.41, 5.74) is 3.62. The molecule has 7 nitrogen and oxygen atoms in total. The number of hydrogen-bond donors (Lipinski definition) is 1. The van der Waals surface area contributed by atoms with Crippen molar-refractivity contribution in [1.82, 2.24) is 19.7 Å². The van der Waals surface area contributed by atoms with E-state index >= 15 is 0 Å². The molecule has 8 heteroatoms. The number of anilines is 1. The Labute approximate surface area is 207 Å². The van der Waals surface area contributed by atoms with Crippen molar-refractivity contribution in [1.29, 1.82) is 0 Å². The average molecular weight is 482 g/mol. The van der Waals surface area contributed by atoms with Crippen LogP contribution in [0, 0.1) is 0 Å². The van der Waals surface area contributed by atoms with Gasteiger partial charge in [0.1, 0.15) is 5.76 Å². The number of furan rings is 1. The molecule has 0 aliphatic heterocycles. The number of nitrogens with zero attached hydrogens (tertiary/aromatic N) is 4. The van der Waals surface area contributed by atoms with E-state index in [1.165, 1.54) is 11.8 Å². The highest BCUT2D eigenvalue weighted by Crippen LogP contribution is 2.31. The number of rotatable bonds is 8. The molecule has 0 spiro atoms. The zero-order chi connectivity index (χ0) is 24.0. The lowest BCUT2D eigenvalue weighted by Gasteiger charge is -2.15. The summed E-state index contributed by atoms with van der Waals surface area (Å²) in [4.78, 5) is 17.4. The average Bonchev–Trinajstić information content (AvgIpc) is 3.56. The summed E-state index contributed by atoms with van der Waals surface area (Å²) in [5, 5.41) is 12.1. The van der Waals surface area contributed by atoms with Crippen LogP contribution in [0.2, 0.25) is 0 Å². The molecule has 1 atom stereocenters. The summed E-state index contributed by atoms with van der Waals surface area (Å²) in [6.45, 7) is 2.30. The Morgan fingerprint density at radius 3 is 2.54 bits per heavy atom. The molecule has 35 heavy (non-hydrogen) atoms. The second-order valence-electron chi connectivity index (χ2n) is 7.87. The molecular formula is C27H23N5O2S. The summed E-state index contributed by atoms with van der Waals surface area (Å²) >= 11 is 1.35. The number of amides is 1. The molecule has 0 radical (unpaired) electrons. The largest absolute Gasteiger partial charge is 0.467 e. The minimum atomic E-state index is -0.417. The number of benzene rings is 2. The van der Waals surface area contributed by atoms with Crippen LogP contribution in [0.4, 0.5) is 5.69 Å². The van der Waals surface area contributed by atoms with E-state index in [2.05, 4.69) is 20.5 Å². The summed E-state index contributed by atoms with van der Waals surface area (Å²) in [7, 11) is 0. The first-order valence-corrected chi connectivity index (χ1v) is 12.0. The van der Waals surface area contributed by atoms with E-state index in [9.17, 15) is 4.79 Å². The molecule has 3 aromatic heterocycles. The molecule has 0 fully saturated rings. The Hall–Kier alpha value is -4.17. The molecule has 1 amide bonds. The number of para-hydroxylation sites is 1. The third-order valence-corrected chi connectivity index (χ3v) is 6.53. The van der Waals surface area contributed by atoms with Gasteiger partial charge >= 0.3 is 0 Å². The van der Waals surface area contributed by atoms with E-state index in [1.807, 2.05) is 90.4 Å². The van der Waals surface area contributed by atoms with Gasteiger partial charge in [0, 0.05) is 29.2 Å². The Balaban J connectivity index is 1.38. The fourth-order valence-corrected chi connectivity index (χ4v) is 4.54. The van der Waals surface area contributed by atoms with Gasteiger partial charge in [-0.1, -0.05) is 60.3 Å². The quantitative estimate of drug-likeness (QED) is 0.283. The lowest BCUT2D eigenvalue weighted by atomic mass is 10.0. The van der Waals surface area contributed by atoms with Crippen molar-refractivity contribution in [3.63, 3.8) is 0 Å². The van der Waals surface area contributed by atoms with Crippen molar-refractivity contribution in [2.45, 2.75) is 23.9 Å². The standard InChI is InChI=1S/C27H23N5O2S/c1-19(26(33)29-24-14-6-5-13-23(24)20-9-3-2-4-10-20)35-27-31-30-25(21-11-7-15-28-17-21)32(27)18-22-12-8-16-34-22/h2-17,19H,18H2,1H3,(H,29,33). The fraction of sp³-hybridized carbons (Fsp3) is 0.111. The Bertz CT molecular complexity index is 1400. The number of nitrogens with one attached hydrogen (secondary N) is 1. The van der Waals surface area contributed by atoms with Crippen molar-refractivity contribution < 1.29 is 9.21 Å². The van der Waals surface area contributed by atoms with Crippen molar-refractivity contribution in [3.8, 4) is 22.5 Å². The molecule has 0 bridgehead atoms. The normalized spacial score (nSPS) is 11.8. The SMILES string of the molecule is CC(Sc1nnc(-c2cccnc2)n1Cc1ccco1)C(=O)Nc1ccccc1-c1ccccc1. The maximum atomic E-state index is 13.2. The first kappa shape index (κ1) is 22.6. The van der Waals surface area contributed by atoms with Gasteiger partial charge in [-0.25, -0.2) is 0 Å². The number of pyridine rings is 1. The lowest BCUT2D eigenvalue weighted by Crippen LogP contribution is -2.23. The molecule has 0 saturated heterocycles. The van der Waals surface area contributed by atoms with E-state index in [0.717, 1.165) is 28.1 Å². The van der Waals surface area contributed by atoms with Crippen LogP contribution in [0.15, 0.2) is 107 Å². The molecule has 5 rings (SSSR count). The van der Waals surface area contributed by atoms with E-state index in [0.29, 0.717) is 17.5 Å². The lowest BCUT2D eigenvalue weighted by molar-refractivity contribution is -0.115. The molecule has 5 aromatic rings. The summed E-state index contributed by atoms with van der Waals surface area (Å²) < 4.78 is 7.51. The van der Waals surface area contributed by atoms with Gasteiger partial charge in [-0.15, -0.1) is 10.2 Å². The number of hydrogen-bond acceptors (Lipinski definition) is 6. The van der Waals surface area contributed by atoms with Gasteiger partial charge in [-0.2, -0.15) is 0 Å². The summed E-state index contributed by atoms with van der Waals surface area (Å²) in [5.74, 6) is 1.32. The number of carbonyl (C=O) groups excluding carboxylic acids is 1. The minimum Gasteiger partial charge on any atom is -0.467 e. The molecule has 0 aliphatic rings. The molecule has 2 aromatic carbocycles. The molecule has 0 aliphatic carbocycles. The zero-order valence-corrected chi connectivity index (χ0v) is 19.9. The van der Waals surface area contributed by atoms with Crippen LogP contribution >= 0.6 is 11.8 Å². The van der Waals surface area contributed by atoms with Crippen LogP contribution in [0.3, 0.4) is 0 Å². The van der Waals surface area contributed by atoms with Crippen molar-refractivity contribution >= 4 is 23.4 Å². The monoisotopic (exact) mass is 481 g/mol. The molecule has 1 N–H and O–H groups in total. The van der Waals surface area contributed by atoms with E-state index in [4.69, 9.17) is 4.42 Å². The van der Waals surface area contributed by atoms with Gasteiger partial charge in [0.25, 0.3) is 0 Å². The van der Waals surface area contributed by atoms with Gasteiger partial charge in [-0.3, -0.25) is 14.3 Å². The van der Waals surface area contributed by atoms with Crippen molar-refractivity contribution in [3.05, 3.63) is 103 Å². The van der Waals surface area contributed by atoms with Crippen LogP contribution in [0.5, 0.6) is 0 Å². The smallest absolute Gasteiger partial charge is 0.237 e. The van der Waals surface area contributed by atoms with Crippen LogP contribution in [-0.2, 0) is 11.3 Å². The van der Waals surface area contributed by atoms with E-state index in [1.54, 1.807) is 18.7 Å². The Kier molecular flexibility index (Phi) is 6.72.